The highest BCUT2D eigenvalue weighted by atomic mass is 16.6. The summed E-state index contributed by atoms with van der Waals surface area (Å²) in [6.07, 6.45) is 1.29. The van der Waals surface area contributed by atoms with Crippen LogP contribution in [0.1, 0.15) is 59.1 Å². The van der Waals surface area contributed by atoms with Gasteiger partial charge in [0, 0.05) is 11.6 Å². The number of hydrogen-bond acceptors (Lipinski definition) is 4. The van der Waals surface area contributed by atoms with Gasteiger partial charge in [0.25, 0.3) is 0 Å². The number of benzene rings is 1. The van der Waals surface area contributed by atoms with Gasteiger partial charge in [0.05, 0.1) is 6.04 Å². The summed E-state index contributed by atoms with van der Waals surface area (Å²) in [7, 11) is 0. The van der Waals surface area contributed by atoms with Crippen molar-refractivity contribution in [2.45, 2.75) is 65.1 Å². The van der Waals surface area contributed by atoms with Crippen molar-refractivity contribution in [3.8, 4) is 0 Å². The van der Waals surface area contributed by atoms with Gasteiger partial charge in [-0.15, -0.1) is 0 Å². The molecule has 1 aliphatic rings. The van der Waals surface area contributed by atoms with E-state index in [1.165, 1.54) is 0 Å². The minimum absolute atomic E-state index is 0.0612. The highest BCUT2D eigenvalue weighted by Crippen LogP contribution is 2.30. The molecule has 27 heavy (non-hydrogen) atoms. The molecule has 0 heterocycles. The Balaban J connectivity index is 1.84. The lowest BCUT2D eigenvalue weighted by Gasteiger charge is -2.23. The van der Waals surface area contributed by atoms with E-state index in [0.717, 1.165) is 24.1 Å². The van der Waals surface area contributed by atoms with Gasteiger partial charge in [-0.05, 0) is 65.2 Å². The lowest BCUT2D eigenvalue weighted by molar-refractivity contribution is -0.123. The number of ether oxygens (including phenoxy) is 1. The van der Waals surface area contributed by atoms with Gasteiger partial charge in [-0.3, -0.25) is 9.59 Å². The Kier molecular flexibility index (Phi) is 6.46. The maximum absolute atomic E-state index is 12.3. The third kappa shape index (κ3) is 6.92. The second-order valence-corrected chi connectivity index (χ2v) is 7.98. The smallest absolute Gasteiger partial charge is 0.408 e. The predicted octanol–water partition coefficient (Wildman–Crippen LogP) is 3.13. The van der Waals surface area contributed by atoms with Gasteiger partial charge in [-0.1, -0.05) is 12.1 Å². The molecular formula is C20H29N3O4. The van der Waals surface area contributed by atoms with Crippen LogP contribution in [-0.4, -0.2) is 29.6 Å². The number of nitrogens with one attached hydrogen (secondary N) is 3. The third-order valence-electron chi connectivity index (χ3n) is 4.11. The third-order valence-corrected chi connectivity index (χ3v) is 4.11. The molecule has 1 aromatic carbocycles. The minimum Gasteiger partial charge on any atom is -0.444 e. The number of hydrogen-bond donors (Lipinski definition) is 3. The van der Waals surface area contributed by atoms with Crippen LogP contribution in [0.3, 0.4) is 0 Å². The van der Waals surface area contributed by atoms with Crippen LogP contribution in [0, 0.1) is 5.92 Å². The number of amides is 3. The molecule has 0 aromatic heterocycles. The number of rotatable bonds is 6. The summed E-state index contributed by atoms with van der Waals surface area (Å²) in [5.74, 6) is -0.0903. The zero-order valence-electron chi connectivity index (χ0n) is 16.6. The predicted molar refractivity (Wildman–Crippen MR) is 103 cm³/mol. The molecule has 0 radical (unpaired) electrons. The van der Waals surface area contributed by atoms with Gasteiger partial charge in [0.15, 0.2) is 0 Å². The van der Waals surface area contributed by atoms with Crippen molar-refractivity contribution in [2.75, 3.05) is 5.32 Å². The van der Waals surface area contributed by atoms with E-state index < -0.39 is 17.7 Å². The fraction of sp³-hybridized carbons (Fsp3) is 0.550. The van der Waals surface area contributed by atoms with Gasteiger partial charge in [0.1, 0.15) is 11.6 Å². The fourth-order valence-electron chi connectivity index (χ4n) is 2.42. The van der Waals surface area contributed by atoms with Crippen molar-refractivity contribution in [3.05, 3.63) is 29.8 Å². The summed E-state index contributed by atoms with van der Waals surface area (Å²) in [6, 6.07) is 6.40. The first-order valence-corrected chi connectivity index (χ1v) is 9.26. The number of alkyl carbamates (subject to hydrolysis) is 1. The Morgan fingerprint density at radius 2 is 1.63 bits per heavy atom. The molecule has 2 atom stereocenters. The summed E-state index contributed by atoms with van der Waals surface area (Å²) in [5, 5.41) is 8.26. The molecule has 148 valence electrons. The number of anilines is 1. The van der Waals surface area contributed by atoms with Crippen molar-refractivity contribution in [1.82, 2.24) is 10.6 Å². The van der Waals surface area contributed by atoms with Gasteiger partial charge < -0.3 is 20.7 Å². The Bertz CT molecular complexity index is 690. The van der Waals surface area contributed by atoms with E-state index in [0.29, 0.717) is 0 Å². The molecule has 0 bridgehead atoms. The maximum atomic E-state index is 12.3. The molecule has 7 nitrogen and oxygen atoms in total. The van der Waals surface area contributed by atoms with Crippen LogP contribution >= 0.6 is 0 Å². The van der Waals surface area contributed by atoms with E-state index in [9.17, 15) is 14.4 Å². The lowest BCUT2D eigenvalue weighted by atomic mass is 10.1. The van der Waals surface area contributed by atoms with Crippen LogP contribution in [0.4, 0.5) is 10.5 Å². The molecule has 0 saturated heterocycles. The van der Waals surface area contributed by atoms with Gasteiger partial charge in [0.2, 0.25) is 11.8 Å². The lowest BCUT2D eigenvalue weighted by Crippen LogP contribution is -2.47. The maximum Gasteiger partial charge on any atom is 0.408 e. The van der Waals surface area contributed by atoms with Crippen LogP contribution in [0.15, 0.2) is 24.3 Å². The zero-order valence-corrected chi connectivity index (χ0v) is 16.6. The second-order valence-electron chi connectivity index (χ2n) is 7.98. The number of carbonyl (C=O) groups is 3. The molecule has 3 amide bonds. The van der Waals surface area contributed by atoms with Crippen molar-refractivity contribution >= 4 is 23.6 Å². The van der Waals surface area contributed by atoms with Crippen molar-refractivity contribution in [1.29, 1.82) is 0 Å². The Labute approximate surface area is 160 Å². The highest BCUT2D eigenvalue weighted by Gasteiger charge is 2.29. The van der Waals surface area contributed by atoms with Gasteiger partial charge in [-0.25, -0.2) is 4.79 Å². The molecule has 1 fully saturated rings. The summed E-state index contributed by atoms with van der Waals surface area (Å²) in [4.78, 5) is 35.8. The summed E-state index contributed by atoms with van der Waals surface area (Å²) in [6.45, 7) is 8.74. The zero-order chi connectivity index (χ0) is 20.2. The molecule has 0 spiro atoms. The van der Waals surface area contributed by atoms with Crippen LogP contribution in [0.5, 0.6) is 0 Å². The summed E-state index contributed by atoms with van der Waals surface area (Å²) >= 11 is 0. The monoisotopic (exact) mass is 375 g/mol. The van der Waals surface area contributed by atoms with E-state index in [4.69, 9.17) is 4.74 Å². The largest absolute Gasteiger partial charge is 0.444 e. The average molecular weight is 375 g/mol. The first-order valence-electron chi connectivity index (χ1n) is 9.26. The summed E-state index contributed by atoms with van der Waals surface area (Å²) < 4.78 is 5.15. The normalized spacial score (nSPS) is 16.0. The van der Waals surface area contributed by atoms with Crippen LogP contribution < -0.4 is 16.0 Å². The Morgan fingerprint density at radius 3 is 2.15 bits per heavy atom. The van der Waals surface area contributed by atoms with Crippen LogP contribution in [0.2, 0.25) is 0 Å². The quantitative estimate of drug-likeness (QED) is 0.712. The van der Waals surface area contributed by atoms with Crippen molar-refractivity contribution < 1.29 is 19.1 Å². The molecule has 1 saturated carbocycles. The van der Waals surface area contributed by atoms with E-state index in [1.54, 1.807) is 27.7 Å². The molecule has 2 rings (SSSR count). The molecule has 0 aliphatic heterocycles. The van der Waals surface area contributed by atoms with Gasteiger partial charge in [-0.2, -0.15) is 0 Å². The van der Waals surface area contributed by atoms with Crippen LogP contribution in [0.25, 0.3) is 0 Å². The fourth-order valence-corrected chi connectivity index (χ4v) is 2.42. The van der Waals surface area contributed by atoms with Crippen LogP contribution in [-0.2, 0) is 14.3 Å². The molecule has 3 N–H and O–H groups in total. The molecular weight excluding hydrogens is 346 g/mol. The van der Waals surface area contributed by atoms with E-state index >= 15 is 0 Å². The standard InChI is InChI=1S/C20H29N3O4/c1-12(21-17(24)13(2)22-19(26)27-20(3,4)5)14-8-10-16(11-9-14)23-18(25)15-6-7-15/h8-13,15H,6-7H2,1-5H3,(H,21,24)(H,22,26)(H,23,25)/t12?,13-/m1/s1. The SMILES string of the molecule is CC(NC(=O)[C@@H](C)NC(=O)OC(C)(C)C)c1ccc(NC(=O)C2CC2)cc1. The van der Waals surface area contributed by atoms with E-state index in [2.05, 4.69) is 16.0 Å². The molecule has 1 unspecified atom stereocenters. The van der Waals surface area contributed by atoms with E-state index in [1.807, 2.05) is 31.2 Å². The van der Waals surface area contributed by atoms with Gasteiger partial charge >= 0.3 is 6.09 Å². The highest BCUT2D eigenvalue weighted by molar-refractivity contribution is 5.94. The first-order chi connectivity index (χ1) is 12.5. The average Bonchev–Trinajstić information content (AvgIpc) is 3.38. The second kappa shape index (κ2) is 8.41. The minimum atomic E-state index is -0.723. The molecule has 1 aromatic rings. The van der Waals surface area contributed by atoms with E-state index in [-0.39, 0.29) is 23.8 Å². The topological polar surface area (TPSA) is 96.5 Å². The number of carbonyl (C=O) groups excluding carboxylic acids is 3. The molecule has 7 heteroatoms. The molecule has 1 aliphatic carbocycles. The van der Waals surface area contributed by atoms with Crippen molar-refractivity contribution in [2.24, 2.45) is 5.92 Å². The first kappa shape index (κ1) is 20.7. The summed E-state index contributed by atoms with van der Waals surface area (Å²) in [5.41, 5.74) is 1.02. The Hall–Kier alpha value is -2.57. The Morgan fingerprint density at radius 1 is 1.04 bits per heavy atom. The van der Waals surface area contributed by atoms with Crippen molar-refractivity contribution in [3.63, 3.8) is 0 Å².